The lowest BCUT2D eigenvalue weighted by molar-refractivity contribution is -0.121. The highest BCUT2D eigenvalue weighted by Gasteiger charge is 2.09. The van der Waals surface area contributed by atoms with E-state index in [1.807, 2.05) is 0 Å². The number of rotatable bonds is 7. The number of aromatic carboxylic acids is 1. The lowest BCUT2D eigenvalue weighted by Gasteiger charge is -2.02. The van der Waals surface area contributed by atoms with E-state index in [2.05, 4.69) is 11.2 Å². The summed E-state index contributed by atoms with van der Waals surface area (Å²) in [5.41, 5.74) is 0. The van der Waals surface area contributed by atoms with E-state index in [-0.39, 0.29) is 18.2 Å². The minimum Gasteiger partial charge on any atom is -0.475 e. The van der Waals surface area contributed by atoms with Crippen molar-refractivity contribution in [3.8, 4) is 12.3 Å². The second-order valence-electron chi connectivity index (χ2n) is 3.76. The van der Waals surface area contributed by atoms with Crippen molar-refractivity contribution in [2.75, 3.05) is 0 Å². The molecule has 1 aromatic heterocycles. The van der Waals surface area contributed by atoms with Crippen molar-refractivity contribution in [3.63, 3.8) is 0 Å². The van der Waals surface area contributed by atoms with Crippen molar-refractivity contribution in [1.29, 1.82) is 0 Å². The number of terminal acetylenes is 1. The molecule has 96 valence electrons. The van der Waals surface area contributed by atoms with E-state index < -0.39 is 5.97 Å². The second kappa shape index (κ2) is 7.17. The summed E-state index contributed by atoms with van der Waals surface area (Å²) >= 11 is 0. The maximum absolute atomic E-state index is 11.4. The van der Waals surface area contributed by atoms with E-state index >= 15 is 0 Å². The van der Waals surface area contributed by atoms with Gasteiger partial charge < -0.3 is 14.8 Å². The molecule has 18 heavy (non-hydrogen) atoms. The highest BCUT2D eigenvalue weighted by Crippen LogP contribution is 2.07. The van der Waals surface area contributed by atoms with Crippen molar-refractivity contribution in [2.24, 2.45) is 0 Å². The Bertz CT molecular complexity index is 456. The fourth-order valence-corrected chi connectivity index (χ4v) is 1.37. The Balaban J connectivity index is 2.25. The van der Waals surface area contributed by atoms with Crippen LogP contribution in [0.4, 0.5) is 0 Å². The zero-order valence-electron chi connectivity index (χ0n) is 9.94. The Labute approximate surface area is 105 Å². The first-order chi connectivity index (χ1) is 8.63. The number of unbranched alkanes of at least 4 members (excludes halogenated alkanes) is 2. The van der Waals surface area contributed by atoms with Crippen LogP contribution in [0.5, 0.6) is 0 Å². The molecule has 0 atom stereocenters. The summed E-state index contributed by atoms with van der Waals surface area (Å²) in [6, 6.07) is 2.89. The van der Waals surface area contributed by atoms with Crippen molar-refractivity contribution in [1.82, 2.24) is 5.32 Å². The van der Waals surface area contributed by atoms with Gasteiger partial charge >= 0.3 is 5.97 Å². The molecule has 0 aromatic carbocycles. The fourth-order valence-electron chi connectivity index (χ4n) is 1.37. The number of carboxylic acids is 1. The first-order valence-electron chi connectivity index (χ1n) is 5.65. The Kier molecular flexibility index (Phi) is 5.52. The molecular weight excluding hydrogens is 234 g/mol. The van der Waals surface area contributed by atoms with Crippen LogP contribution in [-0.2, 0) is 11.3 Å². The zero-order chi connectivity index (χ0) is 13.4. The number of amides is 1. The molecule has 0 spiro atoms. The summed E-state index contributed by atoms with van der Waals surface area (Å²) in [7, 11) is 0. The standard InChI is InChI=1S/C13H15NO4/c1-2-3-4-5-6-12(15)14-9-10-7-8-11(18-10)13(16)17/h1,7-8H,3-6,9H2,(H,14,15)(H,16,17). The molecule has 0 bridgehead atoms. The molecule has 1 aromatic rings. The molecule has 1 heterocycles. The van der Waals surface area contributed by atoms with E-state index in [9.17, 15) is 9.59 Å². The van der Waals surface area contributed by atoms with Gasteiger partial charge in [0.15, 0.2) is 0 Å². The average Bonchev–Trinajstić information content (AvgIpc) is 2.81. The van der Waals surface area contributed by atoms with E-state index in [0.29, 0.717) is 18.6 Å². The van der Waals surface area contributed by atoms with Crippen molar-refractivity contribution >= 4 is 11.9 Å². The Hall–Kier alpha value is -2.22. The molecule has 0 aliphatic carbocycles. The highest BCUT2D eigenvalue weighted by molar-refractivity contribution is 5.84. The van der Waals surface area contributed by atoms with Crippen molar-refractivity contribution < 1.29 is 19.1 Å². The highest BCUT2D eigenvalue weighted by atomic mass is 16.4. The van der Waals surface area contributed by atoms with E-state index in [0.717, 1.165) is 12.8 Å². The van der Waals surface area contributed by atoms with Gasteiger partial charge in [-0.05, 0) is 25.0 Å². The number of hydrogen-bond donors (Lipinski definition) is 2. The van der Waals surface area contributed by atoms with Crippen molar-refractivity contribution in [3.05, 3.63) is 23.7 Å². The molecule has 0 saturated heterocycles. The second-order valence-corrected chi connectivity index (χ2v) is 3.76. The molecule has 5 heteroatoms. The van der Waals surface area contributed by atoms with E-state index in [4.69, 9.17) is 15.9 Å². The largest absolute Gasteiger partial charge is 0.475 e. The molecule has 5 nitrogen and oxygen atoms in total. The number of carboxylic acid groups (broad SMARTS) is 1. The van der Waals surface area contributed by atoms with Crippen LogP contribution in [0.3, 0.4) is 0 Å². The van der Waals surface area contributed by atoms with Crippen LogP contribution in [0.25, 0.3) is 0 Å². The number of furan rings is 1. The molecule has 0 fully saturated rings. The van der Waals surface area contributed by atoms with Gasteiger partial charge in [0.2, 0.25) is 11.7 Å². The number of nitrogens with one attached hydrogen (secondary N) is 1. The van der Waals surface area contributed by atoms with Gasteiger partial charge in [-0.15, -0.1) is 12.3 Å². The molecule has 2 N–H and O–H groups in total. The van der Waals surface area contributed by atoms with Gasteiger partial charge in [0, 0.05) is 12.8 Å². The average molecular weight is 249 g/mol. The summed E-state index contributed by atoms with van der Waals surface area (Å²) in [5, 5.41) is 11.3. The lowest BCUT2D eigenvalue weighted by atomic mass is 10.2. The predicted molar refractivity (Wildman–Crippen MR) is 64.8 cm³/mol. The fraction of sp³-hybridized carbons (Fsp3) is 0.385. The molecule has 0 aliphatic rings. The third-order valence-electron chi connectivity index (χ3n) is 2.31. The lowest BCUT2D eigenvalue weighted by Crippen LogP contribution is -2.22. The number of carbonyl (C=O) groups is 2. The Morgan fingerprint density at radius 2 is 2.17 bits per heavy atom. The van der Waals surface area contributed by atoms with Gasteiger partial charge in [0.05, 0.1) is 6.54 Å². The number of carbonyl (C=O) groups excluding carboxylic acids is 1. The Morgan fingerprint density at radius 3 is 2.78 bits per heavy atom. The molecular formula is C13H15NO4. The molecule has 0 aliphatic heterocycles. The van der Waals surface area contributed by atoms with Gasteiger partial charge in [-0.3, -0.25) is 4.79 Å². The summed E-state index contributed by atoms with van der Waals surface area (Å²) in [5.74, 6) is 1.58. The Morgan fingerprint density at radius 1 is 1.39 bits per heavy atom. The van der Waals surface area contributed by atoms with E-state index in [1.54, 1.807) is 0 Å². The first kappa shape index (κ1) is 13.8. The first-order valence-corrected chi connectivity index (χ1v) is 5.65. The third-order valence-corrected chi connectivity index (χ3v) is 2.31. The third kappa shape index (κ3) is 4.74. The van der Waals surface area contributed by atoms with Crippen LogP contribution in [0, 0.1) is 12.3 Å². The molecule has 1 rings (SSSR count). The molecule has 0 radical (unpaired) electrons. The predicted octanol–water partition coefficient (Wildman–Crippen LogP) is 1.79. The van der Waals surface area contributed by atoms with Gasteiger partial charge in [-0.2, -0.15) is 0 Å². The SMILES string of the molecule is C#CCCCCC(=O)NCc1ccc(C(=O)O)o1. The maximum atomic E-state index is 11.4. The molecule has 0 saturated carbocycles. The summed E-state index contributed by atoms with van der Waals surface area (Å²) in [4.78, 5) is 22.0. The van der Waals surface area contributed by atoms with Gasteiger partial charge in [0.1, 0.15) is 5.76 Å². The van der Waals surface area contributed by atoms with Gasteiger partial charge in [0.25, 0.3) is 0 Å². The van der Waals surface area contributed by atoms with Crippen LogP contribution >= 0.6 is 0 Å². The quantitative estimate of drug-likeness (QED) is 0.570. The smallest absolute Gasteiger partial charge is 0.371 e. The van der Waals surface area contributed by atoms with Crippen LogP contribution < -0.4 is 5.32 Å². The van der Waals surface area contributed by atoms with Crippen LogP contribution in [0.2, 0.25) is 0 Å². The van der Waals surface area contributed by atoms with Crippen molar-refractivity contribution in [2.45, 2.75) is 32.2 Å². The summed E-state index contributed by atoms with van der Waals surface area (Å²) in [6.45, 7) is 0.196. The molecule has 0 unspecified atom stereocenters. The topological polar surface area (TPSA) is 79.5 Å². The van der Waals surface area contributed by atoms with Crippen LogP contribution in [0.15, 0.2) is 16.5 Å². The van der Waals surface area contributed by atoms with E-state index in [1.165, 1.54) is 12.1 Å². The van der Waals surface area contributed by atoms with Crippen LogP contribution in [-0.4, -0.2) is 17.0 Å². The zero-order valence-corrected chi connectivity index (χ0v) is 9.94. The van der Waals surface area contributed by atoms with Gasteiger partial charge in [-0.25, -0.2) is 4.79 Å². The minimum atomic E-state index is -1.12. The van der Waals surface area contributed by atoms with Gasteiger partial charge in [-0.1, -0.05) is 0 Å². The maximum Gasteiger partial charge on any atom is 0.371 e. The monoisotopic (exact) mass is 249 g/mol. The van der Waals surface area contributed by atoms with Crippen LogP contribution in [0.1, 0.15) is 42.0 Å². The number of hydrogen-bond acceptors (Lipinski definition) is 3. The summed E-state index contributed by atoms with van der Waals surface area (Å²) in [6.07, 6.45) is 7.75. The molecule has 1 amide bonds. The summed E-state index contributed by atoms with van der Waals surface area (Å²) < 4.78 is 5.00. The minimum absolute atomic E-state index is 0.0969. The normalized spacial score (nSPS) is 9.72.